The van der Waals surface area contributed by atoms with Crippen molar-refractivity contribution >= 4 is 0 Å². The molecule has 0 bridgehead atoms. The Labute approximate surface area is 81.2 Å². The SMILES string of the molecule is C=C(C)[C@@H]1CC[C@@H](C)C(=CCO)C1. The van der Waals surface area contributed by atoms with Crippen LogP contribution in [-0.4, -0.2) is 11.7 Å². The van der Waals surface area contributed by atoms with Crippen LogP contribution in [0.4, 0.5) is 0 Å². The lowest BCUT2D eigenvalue weighted by Crippen LogP contribution is -2.16. The van der Waals surface area contributed by atoms with Crippen molar-refractivity contribution in [3.05, 3.63) is 23.8 Å². The fraction of sp³-hybridized carbons (Fsp3) is 0.667. The second-order valence-corrected chi connectivity index (χ2v) is 4.19. The van der Waals surface area contributed by atoms with E-state index in [-0.39, 0.29) is 6.61 Å². The molecule has 0 heterocycles. The van der Waals surface area contributed by atoms with Gasteiger partial charge in [0.1, 0.15) is 0 Å². The Hall–Kier alpha value is -0.560. The largest absolute Gasteiger partial charge is 0.392 e. The van der Waals surface area contributed by atoms with Crippen molar-refractivity contribution in [3.8, 4) is 0 Å². The van der Waals surface area contributed by atoms with E-state index in [9.17, 15) is 0 Å². The van der Waals surface area contributed by atoms with Gasteiger partial charge in [-0.05, 0) is 38.0 Å². The summed E-state index contributed by atoms with van der Waals surface area (Å²) in [5, 5.41) is 8.86. The summed E-state index contributed by atoms with van der Waals surface area (Å²) >= 11 is 0. The van der Waals surface area contributed by atoms with Gasteiger partial charge in [0.25, 0.3) is 0 Å². The highest BCUT2D eigenvalue weighted by Crippen LogP contribution is 2.35. The summed E-state index contributed by atoms with van der Waals surface area (Å²) in [6.45, 7) is 8.55. The minimum absolute atomic E-state index is 0.183. The molecule has 74 valence electrons. The normalized spacial score (nSPS) is 32.1. The predicted octanol–water partition coefficient (Wildman–Crippen LogP) is 2.92. The van der Waals surface area contributed by atoms with E-state index >= 15 is 0 Å². The minimum atomic E-state index is 0.183. The molecule has 0 spiro atoms. The molecular formula is C12H20O. The van der Waals surface area contributed by atoms with Crippen molar-refractivity contribution in [2.75, 3.05) is 6.61 Å². The maximum atomic E-state index is 8.86. The van der Waals surface area contributed by atoms with E-state index in [4.69, 9.17) is 5.11 Å². The predicted molar refractivity (Wildman–Crippen MR) is 56.5 cm³/mol. The van der Waals surface area contributed by atoms with E-state index in [0.29, 0.717) is 11.8 Å². The molecule has 0 aromatic heterocycles. The average molecular weight is 180 g/mol. The van der Waals surface area contributed by atoms with Crippen LogP contribution in [0.15, 0.2) is 23.8 Å². The third-order valence-electron chi connectivity index (χ3n) is 3.11. The fourth-order valence-corrected chi connectivity index (χ4v) is 2.05. The van der Waals surface area contributed by atoms with Crippen molar-refractivity contribution in [2.45, 2.75) is 33.1 Å². The summed E-state index contributed by atoms with van der Waals surface area (Å²) in [4.78, 5) is 0. The van der Waals surface area contributed by atoms with Crippen LogP contribution in [0, 0.1) is 11.8 Å². The zero-order valence-corrected chi connectivity index (χ0v) is 8.71. The second-order valence-electron chi connectivity index (χ2n) is 4.19. The Morgan fingerprint density at radius 1 is 1.62 bits per heavy atom. The van der Waals surface area contributed by atoms with E-state index in [1.807, 2.05) is 6.08 Å². The third-order valence-corrected chi connectivity index (χ3v) is 3.11. The van der Waals surface area contributed by atoms with Crippen LogP contribution in [0.1, 0.15) is 33.1 Å². The number of aliphatic hydroxyl groups is 1. The van der Waals surface area contributed by atoms with Crippen molar-refractivity contribution in [2.24, 2.45) is 11.8 Å². The smallest absolute Gasteiger partial charge is 0.0615 e. The molecule has 1 fully saturated rings. The number of aliphatic hydroxyl groups excluding tert-OH is 1. The fourth-order valence-electron chi connectivity index (χ4n) is 2.05. The first-order chi connectivity index (χ1) is 6.15. The molecule has 1 rings (SSSR count). The number of hydrogen-bond acceptors (Lipinski definition) is 1. The van der Waals surface area contributed by atoms with Crippen molar-refractivity contribution in [3.63, 3.8) is 0 Å². The molecule has 1 heteroatoms. The van der Waals surface area contributed by atoms with Crippen LogP contribution >= 0.6 is 0 Å². The molecule has 1 nitrogen and oxygen atoms in total. The highest BCUT2D eigenvalue weighted by Gasteiger charge is 2.22. The molecule has 1 aliphatic carbocycles. The first kappa shape index (κ1) is 10.5. The Kier molecular flexibility index (Phi) is 3.73. The summed E-state index contributed by atoms with van der Waals surface area (Å²) in [5.74, 6) is 1.30. The molecule has 0 saturated heterocycles. The molecule has 1 aliphatic rings. The van der Waals surface area contributed by atoms with Gasteiger partial charge in [0.15, 0.2) is 0 Å². The monoisotopic (exact) mass is 180 g/mol. The first-order valence-corrected chi connectivity index (χ1v) is 5.10. The first-order valence-electron chi connectivity index (χ1n) is 5.10. The van der Waals surface area contributed by atoms with Gasteiger partial charge in [0.2, 0.25) is 0 Å². The molecule has 1 N–H and O–H groups in total. The van der Waals surface area contributed by atoms with Crippen LogP contribution in [0.2, 0.25) is 0 Å². The lowest BCUT2D eigenvalue weighted by atomic mass is 9.76. The Balaban J connectivity index is 2.63. The van der Waals surface area contributed by atoms with Crippen molar-refractivity contribution in [1.82, 2.24) is 0 Å². The molecule has 1 saturated carbocycles. The number of rotatable bonds is 2. The summed E-state index contributed by atoms with van der Waals surface area (Å²) in [6, 6.07) is 0. The van der Waals surface area contributed by atoms with Crippen LogP contribution < -0.4 is 0 Å². The summed E-state index contributed by atoms with van der Waals surface area (Å²) in [6.07, 6.45) is 5.58. The highest BCUT2D eigenvalue weighted by atomic mass is 16.2. The molecule has 0 aromatic rings. The van der Waals surface area contributed by atoms with Crippen molar-refractivity contribution < 1.29 is 5.11 Å². The van der Waals surface area contributed by atoms with Gasteiger partial charge in [-0.15, -0.1) is 0 Å². The van der Waals surface area contributed by atoms with Gasteiger partial charge in [-0.25, -0.2) is 0 Å². The maximum Gasteiger partial charge on any atom is 0.0615 e. The summed E-state index contributed by atoms with van der Waals surface area (Å²) < 4.78 is 0. The Morgan fingerprint density at radius 3 is 2.85 bits per heavy atom. The van der Waals surface area contributed by atoms with Crippen molar-refractivity contribution in [1.29, 1.82) is 0 Å². The van der Waals surface area contributed by atoms with Gasteiger partial charge in [0, 0.05) is 0 Å². The zero-order chi connectivity index (χ0) is 9.84. The summed E-state index contributed by atoms with van der Waals surface area (Å²) in [7, 11) is 0. The lowest BCUT2D eigenvalue weighted by molar-refractivity contribution is 0.334. The third kappa shape index (κ3) is 2.70. The number of hydrogen-bond donors (Lipinski definition) is 1. The molecule has 13 heavy (non-hydrogen) atoms. The van der Waals surface area contributed by atoms with Gasteiger partial charge in [-0.1, -0.05) is 30.7 Å². The Morgan fingerprint density at radius 2 is 2.31 bits per heavy atom. The van der Waals surface area contributed by atoms with Crippen LogP contribution in [0.5, 0.6) is 0 Å². The maximum absolute atomic E-state index is 8.86. The molecule has 0 aliphatic heterocycles. The molecule has 2 atom stereocenters. The topological polar surface area (TPSA) is 20.2 Å². The van der Waals surface area contributed by atoms with E-state index in [1.54, 1.807) is 0 Å². The van der Waals surface area contributed by atoms with Gasteiger partial charge < -0.3 is 5.11 Å². The molecular weight excluding hydrogens is 160 g/mol. The minimum Gasteiger partial charge on any atom is -0.392 e. The standard InChI is InChI=1S/C12H20O/c1-9(2)11-5-4-10(3)12(8-11)6-7-13/h6,10-11,13H,1,4-5,7-8H2,2-3H3/t10-,11-/m1/s1. The van der Waals surface area contributed by atoms with E-state index < -0.39 is 0 Å². The van der Waals surface area contributed by atoms with Gasteiger partial charge in [-0.2, -0.15) is 0 Å². The molecule has 0 radical (unpaired) electrons. The number of allylic oxidation sites excluding steroid dienone is 2. The summed E-state index contributed by atoms with van der Waals surface area (Å²) in [5.41, 5.74) is 2.71. The van der Waals surface area contributed by atoms with Gasteiger partial charge in [0.05, 0.1) is 6.61 Å². The zero-order valence-electron chi connectivity index (χ0n) is 8.71. The Bertz CT molecular complexity index is 215. The van der Waals surface area contributed by atoms with E-state index in [0.717, 1.165) is 6.42 Å². The van der Waals surface area contributed by atoms with Crippen LogP contribution in [0.25, 0.3) is 0 Å². The average Bonchev–Trinajstić information content (AvgIpc) is 2.08. The van der Waals surface area contributed by atoms with Gasteiger partial charge >= 0.3 is 0 Å². The second kappa shape index (κ2) is 4.61. The van der Waals surface area contributed by atoms with Crippen LogP contribution in [0.3, 0.4) is 0 Å². The van der Waals surface area contributed by atoms with Crippen LogP contribution in [-0.2, 0) is 0 Å². The quantitative estimate of drug-likeness (QED) is 0.648. The highest BCUT2D eigenvalue weighted by molar-refractivity contribution is 5.14. The molecule has 0 unspecified atom stereocenters. The van der Waals surface area contributed by atoms with E-state index in [1.165, 1.54) is 24.0 Å². The van der Waals surface area contributed by atoms with E-state index in [2.05, 4.69) is 20.4 Å². The lowest BCUT2D eigenvalue weighted by Gasteiger charge is -2.29. The molecule has 0 aromatic carbocycles. The van der Waals surface area contributed by atoms with Gasteiger partial charge in [-0.3, -0.25) is 0 Å². The molecule has 0 amide bonds.